The number of anilines is 1. The van der Waals surface area contributed by atoms with Crippen LogP contribution in [0.1, 0.15) is 64.4 Å². The van der Waals surface area contributed by atoms with Gasteiger partial charge in [-0.3, -0.25) is 29.3 Å². The van der Waals surface area contributed by atoms with Gasteiger partial charge in [0.05, 0.1) is 0 Å². The van der Waals surface area contributed by atoms with Crippen LogP contribution in [-0.2, 0) is 39.9 Å². The maximum atomic E-state index is 14.6. The number of urea groups is 1. The first-order valence-corrected chi connectivity index (χ1v) is 19.2. The van der Waals surface area contributed by atoms with Gasteiger partial charge in [0.25, 0.3) is 0 Å². The molecule has 294 valence electrons. The van der Waals surface area contributed by atoms with Crippen molar-refractivity contribution in [3.63, 3.8) is 0 Å². The van der Waals surface area contributed by atoms with Gasteiger partial charge < -0.3 is 35.4 Å². The Morgan fingerprint density at radius 1 is 0.836 bits per heavy atom. The predicted molar refractivity (Wildman–Crippen MR) is 199 cm³/mol. The zero-order valence-electron chi connectivity index (χ0n) is 31.3. The van der Waals surface area contributed by atoms with Crippen LogP contribution >= 0.6 is 0 Å². The van der Waals surface area contributed by atoms with E-state index >= 15 is 0 Å². The van der Waals surface area contributed by atoms with Crippen LogP contribution in [-0.4, -0.2) is 124 Å². The van der Waals surface area contributed by atoms with Crippen LogP contribution in [0.5, 0.6) is 0 Å². The van der Waals surface area contributed by atoms with E-state index in [-0.39, 0.29) is 37.2 Å². The lowest BCUT2D eigenvalue weighted by atomic mass is 9.95. The Morgan fingerprint density at radius 2 is 1.53 bits per heavy atom. The Bertz CT molecular complexity index is 1750. The third-order valence-corrected chi connectivity index (χ3v) is 10.8. The minimum atomic E-state index is -1.45. The van der Waals surface area contributed by atoms with Crippen molar-refractivity contribution in [3.8, 4) is 0 Å². The number of benzene rings is 1. The van der Waals surface area contributed by atoms with E-state index in [1.54, 1.807) is 49.4 Å². The summed E-state index contributed by atoms with van der Waals surface area (Å²) in [6.45, 7) is 3.66. The summed E-state index contributed by atoms with van der Waals surface area (Å²) in [4.78, 5) is 106. The maximum absolute atomic E-state index is 14.6. The molecule has 7 atom stereocenters. The first-order chi connectivity index (χ1) is 26.5. The molecule has 6 rings (SSSR count). The molecule has 1 aromatic carbocycles. The second kappa shape index (κ2) is 17.7. The molecule has 0 bridgehead atoms. The van der Waals surface area contributed by atoms with Gasteiger partial charge in [-0.2, -0.15) is 0 Å². The van der Waals surface area contributed by atoms with Gasteiger partial charge in [0.2, 0.25) is 29.5 Å². The van der Waals surface area contributed by atoms with Crippen molar-refractivity contribution >= 4 is 47.4 Å². The molecular formula is C39H50N8O8. The van der Waals surface area contributed by atoms with Crippen LogP contribution in [0.25, 0.3) is 0 Å². The number of rotatable bonds is 6. The highest BCUT2D eigenvalue weighted by Gasteiger charge is 2.45. The Balaban J connectivity index is 1.31. The van der Waals surface area contributed by atoms with E-state index < -0.39 is 78.5 Å². The fraction of sp³-hybridized carbons (Fsp3) is 0.538. The molecule has 1 aromatic heterocycles. The summed E-state index contributed by atoms with van der Waals surface area (Å²) in [5.41, 5.74) is 0.729. The van der Waals surface area contributed by atoms with Crippen molar-refractivity contribution in [3.05, 3.63) is 60.3 Å². The second-order valence-corrected chi connectivity index (χ2v) is 14.9. The first kappa shape index (κ1) is 39.2. The van der Waals surface area contributed by atoms with E-state index in [0.29, 0.717) is 51.5 Å². The van der Waals surface area contributed by atoms with Crippen LogP contribution in [0.3, 0.4) is 0 Å². The van der Waals surface area contributed by atoms with Gasteiger partial charge in [0.15, 0.2) is 0 Å². The largest absolute Gasteiger partial charge is 0.461 e. The minimum Gasteiger partial charge on any atom is -0.461 e. The molecule has 4 N–H and O–H groups in total. The molecule has 16 nitrogen and oxygen atoms in total. The number of carbonyl (C=O) groups excluding carboxylic acids is 7. The van der Waals surface area contributed by atoms with Crippen LogP contribution in [0.2, 0.25) is 0 Å². The average molecular weight is 759 g/mol. The van der Waals surface area contributed by atoms with E-state index in [9.17, 15) is 33.6 Å². The maximum Gasteiger partial charge on any atom is 0.328 e. The number of fused-ring (bicyclic) bond motifs is 3. The molecule has 4 fully saturated rings. The number of pyridine rings is 1. The summed E-state index contributed by atoms with van der Waals surface area (Å²) in [6, 6.07) is 6.95. The molecule has 0 unspecified atom stereocenters. The van der Waals surface area contributed by atoms with Gasteiger partial charge in [-0.1, -0.05) is 43.3 Å². The summed E-state index contributed by atoms with van der Waals surface area (Å²) in [6.07, 6.45) is 5.26. The standard InChI is InChI=1S/C39H50N8O8/c1-24-20-31-38(53)55-23-28(42-33(48)27(21-26-12-4-3-5-13-26)43-39(54)44-32-16-6-9-17-40-32)36(51)46-19-11-8-15-30(46)37(52)45-18-10-7-14-29(45)34(49)41-25(2)35(50)47(31)22-24/h3-6,9,12-13,16-17,24-25,27-31H,7-8,10-11,14-15,18-23H2,1-2H3,(H,41,49)(H,42,48)(H2,40,43,44,54)/t24-,25+,27+,28+,29+,30+,31+/m1/s1. The number of hydrogen-bond acceptors (Lipinski definition) is 9. The number of piperidine rings is 2. The third kappa shape index (κ3) is 9.41. The summed E-state index contributed by atoms with van der Waals surface area (Å²) >= 11 is 0. The zero-order chi connectivity index (χ0) is 39.1. The Morgan fingerprint density at radius 3 is 2.24 bits per heavy atom. The summed E-state index contributed by atoms with van der Waals surface area (Å²) in [7, 11) is 0. The van der Waals surface area contributed by atoms with Crippen molar-refractivity contribution in [2.24, 2.45) is 5.92 Å². The molecule has 16 heteroatoms. The van der Waals surface area contributed by atoms with Crippen molar-refractivity contribution < 1.29 is 38.3 Å². The number of nitrogens with one attached hydrogen (secondary N) is 4. The highest BCUT2D eigenvalue weighted by Crippen LogP contribution is 2.28. The van der Waals surface area contributed by atoms with Crippen molar-refractivity contribution in [1.82, 2.24) is 35.6 Å². The fourth-order valence-electron chi connectivity index (χ4n) is 7.96. The quantitative estimate of drug-likeness (QED) is 0.314. The summed E-state index contributed by atoms with van der Waals surface area (Å²) in [5, 5.41) is 10.8. The molecule has 0 aliphatic carbocycles. The highest BCUT2D eigenvalue weighted by atomic mass is 16.5. The number of carbonyl (C=O) groups is 7. The summed E-state index contributed by atoms with van der Waals surface area (Å²) in [5.74, 6) is -3.22. The normalized spacial score (nSPS) is 27.2. The van der Waals surface area contributed by atoms with Gasteiger partial charge in [-0.25, -0.2) is 14.6 Å². The fourth-order valence-corrected chi connectivity index (χ4v) is 7.96. The lowest BCUT2D eigenvalue weighted by Gasteiger charge is -2.42. The number of cyclic esters (lactones) is 1. The molecule has 0 saturated carbocycles. The van der Waals surface area contributed by atoms with E-state index in [0.717, 1.165) is 5.56 Å². The Labute approximate surface area is 320 Å². The van der Waals surface area contributed by atoms with Crippen molar-refractivity contribution in [2.75, 3.05) is 31.6 Å². The number of nitrogens with zero attached hydrogens (tertiary/aromatic N) is 4. The van der Waals surface area contributed by atoms with E-state index in [1.807, 2.05) is 13.0 Å². The number of amides is 7. The van der Waals surface area contributed by atoms with E-state index in [4.69, 9.17) is 4.74 Å². The molecule has 0 spiro atoms. The Kier molecular flexibility index (Phi) is 12.6. The smallest absolute Gasteiger partial charge is 0.328 e. The van der Waals surface area contributed by atoms with Crippen LogP contribution < -0.4 is 21.3 Å². The molecule has 7 amide bonds. The number of ether oxygens (including phenoxy) is 1. The molecular weight excluding hydrogens is 708 g/mol. The molecule has 2 aromatic rings. The van der Waals surface area contributed by atoms with Crippen LogP contribution in [0.15, 0.2) is 54.7 Å². The lowest BCUT2D eigenvalue weighted by molar-refractivity contribution is -0.160. The molecule has 4 aliphatic heterocycles. The zero-order valence-corrected chi connectivity index (χ0v) is 31.3. The topological polar surface area (TPSA) is 199 Å². The Hall–Kier alpha value is -5.54. The average Bonchev–Trinajstić information content (AvgIpc) is 3.60. The number of aromatic nitrogens is 1. The van der Waals surface area contributed by atoms with Gasteiger partial charge in [-0.05, 0) is 75.5 Å². The number of esters is 1. The molecule has 0 radical (unpaired) electrons. The highest BCUT2D eigenvalue weighted by molar-refractivity contribution is 5.98. The second-order valence-electron chi connectivity index (χ2n) is 14.9. The van der Waals surface area contributed by atoms with E-state index in [1.165, 1.54) is 20.9 Å². The molecule has 4 aliphatic rings. The van der Waals surface area contributed by atoms with Crippen LogP contribution in [0.4, 0.5) is 10.6 Å². The third-order valence-electron chi connectivity index (χ3n) is 10.8. The van der Waals surface area contributed by atoms with E-state index in [2.05, 4.69) is 26.3 Å². The van der Waals surface area contributed by atoms with Gasteiger partial charge in [0.1, 0.15) is 48.7 Å². The SMILES string of the molecule is C[C@@H]1C[C@H]2C(=O)OC[C@H](NC(=O)[C@H](Cc3ccccc3)NC(=O)Nc3ccccn3)C(=O)N3CCCC[C@H]3C(=O)N3CCCC[C@H]3C(=O)N[C@@H](C)C(=O)N2C1. The minimum absolute atomic E-state index is 0.0498. The predicted octanol–water partition coefficient (Wildman–Crippen LogP) is 1.36. The molecule has 4 saturated heterocycles. The van der Waals surface area contributed by atoms with Crippen LogP contribution in [0, 0.1) is 5.92 Å². The van der Waals surface area contributed by atoms with Gasteiger partial charge in [-0.15, -0.1) is 0 Å². The number of hydrogen-bond donors (Lipinski definition) is 4. The molecule has 55 heavy (non-hydrogen) atoms. The van der Waals surface area contributed by atoms with Gasteiger partial charge >= 0.3 is 12.0 Å². The monoisotopic (exact) mass is 758 g/mol. The lowest BCUT2D eigenvalue weighted by Crippen LogP contribution is -2.63. The van der Waals surface area contributed by atoms with Crippen molar-refractivity contribution in [1.29, 1.82) is 0 Å². The first-order valence-electron chi connectivity index (χ1n) is 19.2. The van der Waals surface area contributed by atoms with Crippen molar-refractivity contribution in [2.45, 2.75) is 101 Å². The van der Waals surface area contributed by atoms with Gasteiger partial charge in [0, 0.05) is 32.3 Å². The molecule has 5 heterocycles. The summed E-state index contributed by atoms with van der Waals surface area (Å²) < 4.78 is 5.76.